The topological polar surface area (TPSA) is 61.7 Å². The fourth-order valence-electron chi connectivity index (χ4n) is 2.60. The normalized spacial score (nSPS) is 15.3. The lowest BCUT2D eigenvalue weighted by Crippen LogP contribution is -2.43. The summed E-state index contributed by atoms with van der Waals surface area (Å²) in [5, 5.41) is 15.4. The number of hydrazone groups is 1. The Labute approximate surface area is 135 Å². The summed E-state index contributed by atoms with van der Waals surface area (Å²) in [6.45, 7) is 1.90. The van der Waals surface area contributed by atoms with Gasteiger partial charge in [0.05, 0.1) is 0 Å². The van der Waals surface area contributed by atoms with Crippen LogP contribution < -0.4 is 5.43 Å². The third-order valence-corrected chi connectivity index (χ3v) is 4.21. The molecule has 0 unspecified atom stereocenters. The molecule has 1 aliphatic carbocycles. The van der Waals surface area contributed by atoms with Crippen molar-refractivity contribution < 1.29 is 9.90 Å². The first-order chi connectivity index (χ1) is 11.1. The fraction of sp³-hybridized carbons (Fsp3) is 0.263. The number of rotatable bonds is 5. The highest BCUT2D eigenvalue weighted by Crippen LogP contribution is 2.31. The minimum atomic E-state index is -1.77. The summed E-state index contributed by atoms with van der Waals surface area (Å²) in [7, 11) is 0. The second-order valence-corrected chi connectivity index (χ2v) is 5.91. The van der Waals surface area contributed by atoms with Gasteiger partial charge in [-0.1, -0.05) is 60.7 Å². The Hall–Kier alpha value is -2.46. The van der Waals surface area contributed by atoms with Crippen molar-refractivity contribution in [2.75, 3.05) is 0 Å². The number of nitrogens with zero attached hydrogens (tertiary/aromatic N) is 1. The van der Waals surface area contributed by atoms with Crippen LogP contribution in [0, 0.1) is 5.92 Å². The molecule has 0 aliphatic heterocycles. The zero-order chi connectivity index (χ0) is 16.3. The molecule has 1 aliphatic rings. The molecule has 1 fully saturated rings. The van der Waals surface area contributed by atoms with E-state index < -0.39 is 11.5 Å². The van der Waals surface area contributed by atoms with Crippen LogP contribution in [-0.4, -0.2) is 16.7 Å². The molecule has 0 saturated heterocycles. The number of carbonyl (C=O) groups is 1. The van der Waals surface area contributed by atoms with E-state index in [1.807, 2.05) is 19.1 Å². The summed E-state index contributed by atoms with van der Waals surface area (Å²) >= 11 is 0. The van der Waals surface area contributed by atoms with Gasteiger partial charge >= 0.3 is 0 Å². The van der Waals surface area contributed by atoms with Crippen LogP contribution in [0.3, 0.4) is 0 Å². The highest BCUT2D eigenvalue weighted by atomic mass is 16.3. The molecule has 2 aromatic carbocycles. The lowest BCUT2D eigenvalue weighted by molar-refractivity contribution is -0.136. The maximum atomic E-state index is 12.7. The number of nitrogens with one attached hydrogen (secondary N) is 1. The number of amides is 1. The second kappa shape index (κ2) is 6.34. The molecule has 0 heterocycles. The summed E-state index contributed by atoms with van der Waals surface area (Å²) in [4.78, 5) is 12.7. The van der Waals surface area contributed by atoms with Gasteiger partial charge in [-0.3, -0.25) is 4.79 Å². The quantitative estimate of drug-likeness (QED) is 0.659. The SMILES string of the molecule is C/C(=N\NC(=O)C(O)(c1ccccc1)c1ccccc1)C1CC1. The van der Waals surface area contributed by atoms with Gasteiger partial charge in [-0.2, -0.15) is 5.10 Å². The summed E-state index contributed by atoms with van der Waals surface area (Å²) in [6.07, 6.45) is 2.24. The molecule has 0 bridgehead atoms. The Morgan fingerprint density at radius 2 is 1.52 bits per heavy atom. The number of hydrogen-bond acceptors (Lipinski definition) is 3. The number of carbonyl (C=O) groups excluding carboxylic acids is 1. The summed E-state index contributed by atoms with van der Waals surface area (Å²) < 4.78 is 0. The van der Waals surface area contributed by atoms with Crippen LogP contribution >= 0.6 is 0 Å². The molecule has 0 aromatic heterocycles. The van der Waals surface area contributed by atoms with Gasteiger partial charge in [0.25, 0.3) is 5.91 Å². The van der Waals surface area contributed by atoms with Gasteiger partial charge in [0, 0.05) is 5.71 Å². The predicted molar refractivity (Wildman–Crippen MR) is 89.9 cm³/mol. The summed E-state index contributed by atoms with van der Waals surface area (Å²) in [5.74, 6) is -0.0771. The minimum Gasteiger partial charge on any atom is -0.372 e. The van der Waals surface area contributed by atoms with Crippen molar-refractivity contribution in [2.24, 2.45) is 11.0 Å². The van der Waals surface area contributed by atoms with E-state index in [9.17, 15) is 9.90 Å². The molecule has 2 N–H and O–H groups in total. The van der Waals surface area contributed by atoms with Gasteiger partial charge in [0.1, 0.15) is 0 Å². The summed E-state index contributed by atoms with van der Waals surface area (Å²) in [5.41, 5.74) is 2.71. The maximum Gasteiger partial charge on any atom is 0.281 e. The van der Waals surface area contributed by atoms with Crippen LogP contribution in [0.1, 0.15) is 30.9 Å². The van der Waals surface area contributed by atoms with E-state index in [1.165, 1.54) is 0 Å². The average Bonchev–Trinajstić information content (AvgIpc) is 3.45. The first kappa shape index (κ1) is 15.4. The molecular formula is C19H20N2O2. The van der Waals surface area contributed by atoms with Gasteiger partial charge in [0.2, 0.25) is 0 Å². The van der Waals surface area contributed by atoms with Crippen molar-refractivity contribution in [1.29, 1.82) is 0 Å². The third-order valence-electron chi connectivity index (χ3n) is 4.21. The van der Waals surface area contributed by atoms with Crippen LogP contribution in [0.2, 0.25) is 0 Å². The van der Waals surface area contributed by atoms with Crippen molar-refractivity contribution in [2.45, 2.75) is 25.4 Å². The first-order valence-electron chi connectivity index (χ1n) is 7.80. The molecule has 4 heteroatoms. The number of hydrogen-bond donors (Lipinski definition) is 2. The van der Waals surface area contributed by atoms with Gasteiger partial charge in [0.15, 0.2) is 5.60 Å². The Morgan fingerprint density at radius 3 is 1.96 bits per heavy atom. The minimum absolute atomic E-state index is 0.469. The molecule has 1 amide bonds. The van der Waals surface area contributed by atoms with E-state index >= 15 is 0 Å². The highest BCUT2D eigenvalue weighted by Gasteiger charge is 2.40. The molecule has 23 heavy (non-hydrogen) atoms. The van der Waals surface area contributed by atoms with Crippen LogP contribution in [0.15, 0.2) is 65.8 Å². The highest BCUT2D eigenvalue weighted by molar-refractivity contribution is 5.92. The van der Waals surface area contributed by atoms with E-state index in [0.717, 1.165) is 18.6 Å². The smallest absolute Gasteiger partial charge is 0.281 e. The third kappa shape index (κ3) is 3.17. The van der Waals surface area contributed by atoms with Crippen molar-refractivity contribution >= 4 is 11.6 Å². The van der Waals surface area contributed by atoms with Gasteiger partial charge in [-0.15, -0.1) is 0 Å². The number of aliphatic hydroxyl groups is 1. The fourth-order valence-corrected chi connectivity index (χ4v) is 2.60. The Bertz CT molecular complexity index is 667. The maximum absolute atomic E-state index is 12.7. The molecule has 0 atom stereocenters. The first-order valence-corrected chi connectivity index (χ1v) is 7.80. The van der Waals surface area contributed by atoms with Gasteiger partial charge < -0.3 is 5.11 Å². The van der Waals surface area contributed by atoms with E-state index in [0.29, 0.717) is 17.0 Å². The molecule has 0 radical (unpaired) electrons. The Balaban J connectivity index is 1.95. The lowest BCUT2D eigenvalue weighted by Gasteiger charge is -2.27. The number of benzene rings is 2. The van der Waals surface area contributed by atoms with Crippen molar-refractivity contribution in [3.8, 4) is 0 Å². The Kier molecular flexibility index (Phi) is 4.26. The average molecular weight is 308 g/mol. The van der Waals surface area contributed by atoms with Crippen molar-refractivity contribution in [3.63, 3.8) is 0 Å². The van der Waals surface area contributed by atoms with Crippen LogP contribution in [-0.2, 0) is 10.4 Å². The summed E-state index contributed by atoms with van der Waals surface area (Å²) in [6, 6.07) is 17.9. The molecule has 1 saturated carbocycles. The van der Waals surface area contributed by atoms with Gasteiger partial charge in [-0.25, -0.2) is 5.43 Å². The molecule has 3 rings (SSSR count). The van der Waals surface area contributed by atoms with Crippen LogP contribution in [0.4, 0.5) is 0 Å². The zero-order valence-electron chi connectivity index (χ0n) is 13.1. The molecule has 0 spiro atoms. The zero-order valence-corrected chi connectivity index (χ0v) is 13.1. The van der Waals surface area contributed by atoms with Crippen molar-refractivity contribution in [3.05, 3.63) is 71.8 Å². The molecular weight excluding hydrogens is 288 g/mol. The Morgan fingerprint density at radius 1 is 1.04 bits per heavy atom. The monoisotopic (exact) mass is 308 g/mol. The van der Waals surface area contributed by atoms with E-state index in [1.54, 1.807) is 48.5 Å². The lowest BCUT2D eigenvalue weighted by atomic mass is 9.85. The standard InChI is InChI=1S/C19H20N2O2/c1-14(15-12-13-15)20-21-18(22)19(23,16-8-4-2-5-9-16)17-10-6-3-7-11-17/h2-11,15,23H,12-13H2,1H3,(H,21,22)/b20-14+. The van der Waals surface area contributed by atoms with Gasteiger partial charge in [-0.05, 0) is 36.8 Å². The molecule has 118 valence electrons. The van der Waals surface area contributed by atoms with E-state index in [-0.39, 0.29) is 0 Å². The van der Waals surface area contributed by atoms with Crippen LogP contribution in [0.25, 0.3) is 0 Å². The molecule has 4 nitrogen and oxygen atoms in total. The van der Waals surface area contributed by atoms with Crippen molar-refractivity contribution in [1.82, 2.24) is 5.43 Å². The van der Waals surface area contributed by atoms with E-state index in [2.05, 4.69) is 10.5 Å². The molecule has 2 aromatic rings. The largest absolute Gasteiger partial charge is 0.372 e. The predicted octanol–water partition coefficient (Wildman–Crippen LogP) is 2.82. The second-order valence-electron chi connectivity index (χ2n) is 5.91. The van der Waals surface area contributed by atoms with E-state index in [4.69, 9.17) is 0 Å². The van der Waals surface area contributed by atoms with Crippen LogP contribution in [0.5, 0.6) is 0 Å².